The molecule has 0 aliphatic carbocycles. The number of unbranched alkanes of at least 4 members (excludes halogenated alkanes) is 21. The SMILES string of the molecule is CCCCC/C=C/CCCCCCCC(=O)O[C@@H](CO)COC(=O)CCCCCCCCC/C=C/CCCCCCCC. The van der Waals surface area contributed by atoms with Gasteiger partial charge in [0.1, 0.15) is 6.61 Å². The topological polar surface area (TPSA) is 72.8 Å². The number of aliphatic hydroxyl groups is 1. The highest BCUT2D eigenvalue weighted by atomic mass is 16.6. The van der Waals surface area contributed by atoms with Crippen molar-refractivity contribution in [2.24, 2.45) is 0 Å². The molecule has 0 saturated heterocycles. The van der Waals surface area contributed by atoms with Crippen LogP contribution in [-0.4, -0.2) is 36.4 Å². The molecule has 0 unspecified atom stereocenters. The zero-order valence-corrected chi connectivity index (χ0v) is 28.5. The number of ether oxygens (including phenoxy) is 2. The minimum absolute atomic E-state index is 0.0690. The Kier molecular flexibility index (Phi) is 33.6. The molecule has 0 rings (SSSR count). The van der Waals surface area contributed by atoms with E-state index in [2.05, 4.69) is 38.2 Å². The Morgan fingerprint density at radius 1 is 0.512 bits per heavy atom. The third-order valence-electron chi connectivity index (χ3n) is 7.97. The molecule has 0 aliphatic rings. The maximum absolute atomic E-state index is 12.1. The van der Waals surface area contributed by atoms with Gasteiger partial charge in [-0.05, 0) is 64.2 Å². The summed E-state index contributed by atoms with van der Waals surface area (Å²) in [4.78, 5) is 24.2. The van der Waals surface area contributed by atoms with Crippen LogP contribution in [0.1, 0.15) is 187 Å². The Morgan fingerprint density at radius 2 is 0.860 bits per heavy atom. The second-order valence-corrected chi connectivity index (χ2v) is 12.3. The highest BCUT2D eigenvalue weighted by molar-refractivity contribution is 5.70. The highest BCUT2D eigenvalue weighted by Crippen LogP contribution is 2.13. The molecular formula is C38H70O5. The van der Waals surface area contributed by atoms with Gasteiger partial charge in [-0.25, -0.2) is 0 Å². The molecule has 0 heterocycles. The fraction of sp³-hybridized carbons (Fsp3) is 0.842. The van der Waals surface area contributed by atoms with Crippen LogP contribution >= 0.6 is 0 Å². The van der Waals surface area contributed by atoms with Gasteiger partial charge in [0.05, 0.1) is 6.61 Å². The van der Waals surface area contributed by atoms with Crippen LogP contribution in [0.4, 0.5) is 0 Å². The number of hydrogen-bond acceptors (Lipinski definition) is 5. The minimum Gasteiger partial charge on any atom is -0.462 e. The van der Waals surface area contributed by atoms with Gasteiger partial charge >= 0.3 is 11.9 Å². The van der Waals surface area contributed by atoms with Gasteiger partial charge < -0.3 is 14.6 Å². The van der Waals surface area contributed by atoms with E-state index in [0.717, 1.165) is 44.9 Å². The van der Waals surface area contributed by atoms with Crippen LogP contribution in [0.25, 0.3) is 0 Å². The van der Waals surface area contributed by atoms with Crippen molar-refractivity contribution in [3.8, 4) is 0 Å². The van der Waals surface area contributed by atoms with Crippen LogP contribution < -0.4 is 0 Å². The van der Waals surface area contributed by atoms with E-state index < -0.39 is 6.10 Å². The van der Waals surface area contributed by atoms with Crippen LogP contribution in [0.3, 0.4) is 0 Å². The van der Waals surface area contributed by atoms with Crippen molar-refractivity contribution >= 4 is 11.9 Å². The van der Waals surface area contributed by atoms with Crippen LogP contribution in [0.2, 0.25) is 0 Å². The van der Waals surface area contributed by atoms with Crippen LogP contribution in [0.15, 0.2) is 24.3 Å². The average molecular weight is 607 g/mol. The van der Waals surface area contributed by atoms with E-state index in [1.54, 1.807) is 0 Å². The summed E-state index contributed by atoms with van der Waals surface area (Å²) < 4.78 is 10.6. The van der Waals surface area contributed by atoms with Gasteiger partial charge in [-0.1, -0.05) is 134 Å². The van der Waals surface area contributed by atoms with Crippen molar-refractivity contribution in [1.29, 1.82) is 0 Å². The summed E-state index contributed by atoms with van der Waals surface area (Å²) in [5.41, 5.74) is 0. The third kappa shape index (κ3) is 33.1. The number of esters is 2. The van der Waals surface area contributed by atoms with Crippen molar-refractivity contribution in [1.82, 2.24) is 0 Å². The van der Waals surface area contributed by atoms with Gasteiger partial charge in [0.25, 0.3) is 0 Å². The summed E-state index contributed by atoms with van der Waals surface area (Å²) in [6.45, 7) is 4.09. The second kappa shape index (κ2) is 34.9. The molecule has 252 valence electrons. The smallest absolute Gasteiger partial charge is 0.306 e. The van der Waals surface area contributed by atoms with Gasteiger partial charge in [-0.3, -0.25) is 9.59 Å². The lowest BCUT2D eigenvalue weighted by Crippen LogP contribution is -2.28. The van der Waals surface area contributed by atoms with E-state index in [1.807, 2.05) is 0 Å². The maximum atomic E-state index is 12.1. The first kappa shape index (κ1) is 41.4. The predicted octanol–water partition coefficient (Wildman–Crippen LogP) is 11.1. The summed E-state index contributed by atoms with van der Waals surface area (Å²) >= 11 is 0. The van der Waals surface area contributed by atoms with Gasteiger partial charge in [0.15, 0.2) is 6.10 Å². The molecule has 0 aromatic carbocycles. The molecule has 0 amide bonds. The van der Waals surface area contributed by atoms with E-state index in [1.165, 1.54) is 116 Å². The molecule has 0 fully saturated rings. The van der Waals surface area contributed by atoms with E-state index >= 15 is 0 Å². The van der Waals surface area contributed by atoms with Crippen molar-refractivity contribution < 1.29 is 24.2 Å². The van der Waals surface area contributed by atoms with E-state index in [0.29, 0.717) is 12.8 Å². The molecule has 0 spiro atoms. The first-order chi connectivity index (χ1) is 21.1. The third-order valence-corrected chi connectivity index (χ3v) is 7.97. The van der Waals surface area contributed by atoms with Crippen molar-refractivity contribution in [3.05, 3.63) is 24.3 Å². The Labute approximate surface area is 266 Å². The maximum Gasteiger partial charge on any atom is 0.306 e. The largest absolute Gasteiger partial charge is 0.462 e. The van der Waals surface area contributed by atoms with Crippen LogP contribution in [0.5, 0.6) is 0 Å². The molecular weight excluding hydrogens is 536 g/mol. The standard InChI is InChI=1S/C38H70O5/c1-3-5-7-9-11-13-15-17-18-19-20-21-23-24-26-28-30-32-37(40)42-35-36(34-39)43-38(41)33-31-29-27-25-22-16-14-12-10-8-6-4-2/h12,14,17-18,36,39H,3-11,13,15-16,19-35H2,1-2H3/b14-12+,18-17+/t36-/m0/s1. The van der Waals surface area contributed by atoms with Gasteiger partial charge in [-0.2, -0.15) is 0 Å². The number of rotatable bonds is 33. The predicted molar refractivity (Wildman–Crippen MR) is 182 cm³/mol. The fourth-order valence-corrected chi connectivity index (χ4v) is 5.13. The molecule has 43 heavy (non-hydrogen) atoms. The lowest BCUT2D eigenvalue weighted by Gasteiger charge is -2.15. The molecule has 1 N–H and O–H groups in total. The Hall–Kier alpha value is -1.62. The van der Waals surface area contributed by atoms with Crippen LogP contribution in [0, 0.1) is 0 Å². The summed E-state index contributed by atoms with van der Waals surface area (Å²) in [6.07, 6.45) is 39.5. The van der Waals surface area contributed by atoms with Gasteiger partial charge in [0, 0.05) is 12.8 Å². The number of carbonyl (C=O) groups excluding carboxylic acids is 2. The summed E-state index contributed by atoms with van der Waals surface area (Å²) in [6, 6.07) is 0. The van der Waals surface area contributed by atoms with Crippen molar-refractivity contribution in [2.75, 3.05) is 13.2 Å². The van der Waals surface area contributed by atoms with E-state index in [-0.39, 0.29) is 25.2 Å². The molecule has 0 aromatic rings. The number of carbonyl (C=O) groups is 2. The van der Waals surface area contributed by atoms with Crippen LogP contribution in [-0.2, 0) is 19.1 Å². The summed E-state index contributed by atoms with van der Waals surface area (Å²) in [5.74, 6) is -0.604. The average Bonchev–Trinajstić information content (AvgIpc) is 3.01. The van der Waals surface area contributed by atoms with Gasteiger partial charge in [-0.15, -0.1) is 0 Å². The molecule has 0 saturated carbocycles. The highest BCUT2D eigenvalue weighted by Gasteiger charge is 2.16. The molecule has 0 aliphatic heterocycles. The number of aliphatic hydroxyl groups excluding tert-OH is 1. The van der Waals surface area contributed by atoms with E-state index in [9.17, 15) is 14.7 Å². The lowest BCUT2D eigenvalue weighted by atomic mass is 10.1. The lowest BCUT2D eigenvalue weighted by molar-refractivity contribution is -0.161. The van der Waals surface area contributed by atoms with Gasteiger partial charge in [0.2, 0.25) is 0 Å². The van der Waals surface area contributed by atoms with Crippen molar-refractivity contribution in [3.63, 3.8) is 0 Å². The molecule has 1 atom stereocenters. The normalized spacial score (nSPS) is 12.3. The summed E-state index contributed by atoms with van der Waals surface area (Å²) in [7, 11) is 0. The molecule has 0 bridgehead atoms. The molecule has 5 nitrogen and oxygen atoms in total. The zero-order chi connectivity index (χ0) is 31.5. The monoisotopic (exact) mass is 607 g/mol. The molecule has 0 radical (unpaired) electrons. The summed E-state index contributed by atoms with van der Waals surface area (Å²) in [5, 5.41) is 9.51. The fourth-order valence-electron chi connectivity index (χ4n) is 5.13. The Balaban J connectivity index is 3.56. The number of hydrogen-bond donors (Lipinski definition) is 1. The Bertz CT molecular complexity index is 657. The number of allylic oxidation sites excluding steroid dienone is 4. The first-order valence-corrected chi connectivity index (χ1v) is 18.4. The quantitative estimate of drug-likeness (QED) is 0.0457. The first-order valence-electron chi connectivity index (χ1n) is 18.4. The van der Waals surface area contributed by atoms with Crippen molar-refractivity contribution in [2.45, 2.75) is 193 Å². The van der Waals surface area contributed by atoms with E-state index in [4.69, 9.17) is 9.47 Å². The second-order valence-electron chi connectivity index (χ2n) is 12.3. The Morgan fingerprint density at radius 3 is 1.30 bits per heavy atom. The minimum atomic E-state index is -0.772. The molecule has 5 heteroatoms. The molecule has 0 aromatic heterocycles. The zero-order valence-electron chi connectivity index (χ0n) is 28.5.